The van der Waals surface area contributed by atoms with E-state index in [1.165, 1.54) is 5.56 Å². The molecular formula is C16H25NO. The Hall–Kier alpha value is -0.860. The van der Waals surface area contributed by atoms with Gasteiger partial charge in [0.1, 0.15) is 0 Å². The summed E-state index contributed by atoms with van der Waals surface area (Å²) in [4.78, 5) is 0. The highest BCUT2D eigenvalue weighted by molar-refractivity contribution is 5.13. The summed E-state index contributed by atoms with van der Waals surface area (Å²) in [6.45, 7) is 9.75. The molecule has 0 unspecified atom stereocenters. The summed E-state index contributed by atoms with van der Waals surface area (Å²) in [6.07, 6.45) is 2.49. The normalized spacial score (nSPS) is 22.9. The van der Waals surface area contributed by atoms with Crippen molar-refractivity contribution < 1.29 is 4.74 Å². The van der Waals surface area contributed by atoms with Crippen LogP contribution in [0.25, 0.3) is 0 Å². The summed E-state index contributed by atoms with van der Waals surface area (Å²) in [5, 5.41) is 3.68. The van der Waals surface area contributed by atoms with Crippen LogP contribution in [-0.2, 0) is 11.3 Å². The molecule has 1 N–H and O–H groups in total. The van der Waals surface area contributed by atoms with E-state index in [1.807, 2.05) is 6.07 Å². The Morgan fingerprint density at radius 1 is 1.06 bits per heavy atom. The number of benzene rings is 1. The third-order valence-electron chi connectivity index (χ3n) is 3.48. The number of rotatable bonds is 3. The fraction of sp³-hybridized carbons (Fsp3) is 0.625. The zero-order chi connectivity index (χ0) is 13.2. The van der Waals surface area contributed by atoms with E-state index in [2.05, 4.69) is 57.3 Å². The van der Waals surface area contributed by atoms with Gasteiger partial charge in [-0.3, -0.25) is 0 Å². The van der Waals surface area contributed by atoms with Gasteiger partial charge in [0.2, 0.25) is 0 Å². The highest BCUT2D eigenvalue weighted by Gasteiger charge is 2.37. The lowest BCUT2D eigenvalue weighted by Gasteiger charge is -2.46. The zero-order valence-electron chi connectivity index (χ0n) is 12.0. The van der Waals surface area contributed by atoms with Gasteiger partial charge in [0.25, 0.3) is 0 Å². The summed E-state index contributed by atoms with van der Waals surface area (Å²) in [5.41, 5.74) is 1.57. The Balaban J connectivity index is 1.93. The van der Waals surface area contributed by atoms with Crippen molar-refractivity contribution in [1.29, 1.82) is 0 Å². The van der Waals surface area contributed by atoms with E-state index in [0.717, 1.165) is 19.4 Å². The average Bonchev–Trinajstić information content (AvgIpc) is 2.24. The Bertz CT molecular complexity index is 367. The van der Waals surface area contributed by atoms with Gasteiger partial charge in [-0.1, -0.05) is 30.3 Å². The standard InChI is InChI=1S/C16H25NO/c1-15(2)10-14(11-16(3,4)17-15)18-12-13-8-6-5-7-9-13/h5-9,14,17H,10-12H2,1-4H3. The van der Waals surface area contributed by atoms with Crippen molar-refractivity contribution >= 4 is 0 Å². The second-order valence-electron chi connectivity index (χ2n) is 6.72. The van der Waals surface area contributed by atoms with E-state index in [1.54, 1.807) is 0 Å². The number of piperidine rings is 1. The van der Waals surface area contributed by atoms with E-state index < -0.39 is 0 Å². The van der Waals surface area contributed by atoms with Crippen LogP contribution in [0.1, 0.15) is 46.1 Å². The fourth-order valence-electron chi connectivity index (χ4n) is 3.13. The molecule has 0 atom stereocenters. The second-order valence-corrected chi connectivity index (χ2v) is 6.72. The van der Waals surface area contributed by atoms with Crippen molar-refractivity contribution in [2.24, 2.45) is 0 Å². The van der Waals surface area contributed by atoms with Crippen LogP contribution in [0.15, 0.2) is 30.3 Å². The van der Waals surface area contributed by atoms with Crippen molar-refractivity contribution in [3.63, 3.8) is 0 Å². The van der Waals surface area contributed by atoms with E-state index in [0.29, 0.717) is 6.10 Å². The molecule has 1 aliphatic rings. The Morgan fingerprint density at radius 2 is 1.61 bits per heavy atom. The first-order valence-electron chi connectivity index (χ1n) is 6.81. The van der Waals surface area contributed by atoms with Gasteiger partial charge in [-0.25, -0.2) is 0 Å². The van der Waals surface area contributed by atoms with Crippen molar-refractivity contribution in [3.05, 3.63) is 35.9 Å². The van der Waals surface area contributed by atoms with Crippen LogP contribution in [0.3, 0.4) is 0 Å². The fourth-order valence-corrected chi connectivity index (χ4v) is 3.13. The van der Waals surface area contributed by atoms with Crippen LogP contribution in [0, 0.1) is 0 Å². The summed E-state index contributed by atoms with van der Waals surface area (Å²) in [5.74, 6) is 0. The van der Waals surface area contributed by atoms with Gasteiger partial charge in [-0.2, -0.15) is 0 Å². The summed E-state index contributed by atoms with van der Waals surface area (Å²) in [6, 6.07) is 10.4. The molecule has 0 radical (unpaired) electrons. The molecule has 2 rings (SSSR count). The Morgan fingerprint density at radius 3 is 2.17 bits per heavy atom. The highest BCUT2D eigenvalue weighted by atomic mass is 16.5. The maximum atomic E-state index is 6.10. The predicted octanol–water partition coefficient (Wildman–Crippen LogP) is 3.51. The molecule has 2 nitrogen and oxygen atoms in total. The molecule has 1 saturated heterocycles. The van der Waals surface area contributed by atoms with E-state index in [9.17, 15) is 0 Å². The second kappa shape index (κ2) is 5.02. The van der Waals surface area contributed by atoms with Gasteiger partial charge >= 0.3 is 0 Å². The van der Waals surface area contributed by atoms with E-state index in [4.69, 9.17) is 4.74 Å². The maximum Gasteiger partial charge on any atom is 0.0720 e. The zero-order valence-corrected chi connectivity index (χ0v) is 12.0. The van der Waals surface area contributed by atoms with Crippen LogP contribution in [0.5, 0.6) is 0 Å². The van der Waals surface area contributed by atoms with Gasteiger partial charge in [0.15, 0.2) is 0 Å². The van der Waals surface area contributed by atoms with Gasteiger partial charge in [-0.15, -0.1) is 0 Å². The first-order chi connectivity index (χ1) is 8.36. The van der Waals surface area contributed by atoms with Crippen molar-refractivity contribution in [1.82, 2.24) is 5.32 Å². The lowest BCUT2D eigenvalue weighted by Crippen LogP contribution is -2.59. The summed E-state index contributed by atoms with van der Waals surface area (Å²) in [7, 11) is 0. The van der Waals surface area contributed by atoms with Crippen LogP contribution in [-0.4, -0.2) is 17.2 Å². The molecule has 100 valence electrons. The van der Waals surface area contributed by atoms with Crippen LogP contribution >= 0.6 is 0 Å². The van der Waals surface area contributed by atoms with Crippen LogP contribution in [0.2, 0.25) is 0 Å². The van der Waals surface area contributed by atoms with Gasteiger partial charge in [-0.05, 0) is 46.1 Å². The van der Waals surface area contributed by atoms with Crippen LogP contribution in [0.4, 0.5) is 0 Å². The molecule has 1 heterocycles. The van der Waals surface area contributed by atoms with Crippen molar-refractivity contribution in [3.8, 4) is 0 Å². The first-order valence-corrected chi connectivity index (χ1v) is 6.81. The molecule has 0 spiro atoms. The molecule has 1 aromatic carbocycles. The topological polar surface area (TPSA) is 21.3 Å². The molecule has 1 aromatic rings. The number of hydrogen-bond donors (Lipinski definition) is 1. The first kappa shape index (κ1) is 13.6. The average molecular weight is 247 g/mol. The van der Waals surface area contributed by atoms with Crippen LogP contribution < -0.4 is 5.32 Å². The number of ether oxygens (including phenoxy) is 1. The minimum Gasteiger partial charge on any atom is -0.373 e. The highest BCUT2D eigenvalue weighted by Crippen LogP contribution is 2.30. The quantitative estimate of drug-likeness (QED) is 0.882. The molecule has 1 fully saturated rings. The SMILES string of the molecule is CC1(C)CC(OCc2ccccc2)CC(C)(C)N1. The summed E-state index contributed by atoms with van der Waals surface area (Å²) < 4.78 is 6.10. The number of nitrogens with one attached hydrogen (secondary N) is 1. The van der Waals surface area contributed by atoms with Crippen molar-refractivity contribution in [2.45, 2.75) is 64.3 Å². The minimum absolute atomic E-state index is 0.156. The Labute approximate surface area is 111 Å². The molecule has 0 aromatic heterocycles. The van der Waals surface area contributed by atoms with Crippen molar-refractivity contribution in [2.75, 3.05) is 0 Å². The summed E-state index contributed by atoms with van der Waals surface area (Å²) >= 11 is 0. The lowest BCUT2D eigenvalue weighted by molar-refractivity contribution is -0.0303. The minimum atomic E-state index is 0.156. The molecule has 18 heavy (non-hydrogen) atoms. The third-order valence-corrected chi connectivity index (χ3v) is 3.48. The van der Waals surface area contributed by atoms with Gasteiger partial charge in [0, 0.05) is 11.1 Å². The van der Waals surface area contributed by atoms with Gasteiger partial charge in [0.05, 0.1) is 12.7 Å². The molecule has 0 amide bonds. The largest absolute Gasteiger partial charge is 0.373 e. The van der Waals surface area contributed by atoms with E-state index >= 15 is 0 Å². The molecule has 0 bridgehead atoms. The third kappa shape index (κ3) is 3.82. The molecule has 1 aliphatic heterocycles. The monoisotopic (exact) mass is 247 g/mol. The smallest absolute Gasteiger partial charge is 0.0720 e. The Kier molecular flexibility index (Phi) is 3.79. The number of hydrogen-bond acceptors (Lipinski definition) is 2. The molecule has 0 saturated carbocycles. The molecular weight excluding hydrogens is 222 g/mol. The molecule has 2 heteroatoms. The molecule has 0 aliphatic carbocycles. The predicted molar refractivity (Wildman–Crippen MR) is 75.5 cm³/mol. The maximum absolute atomic E-state index is 6.10. The lowest BCUT2D eigenvalue weighted by atomic mass is 9.81. The van der Waals surface area contributed by atoms with Gasteiger partial charge < -0.3 is 10.1 Å². The van der Waals surface area contributed by atoms with E-state index in [-0.39, 0.29) is 11.1 Å².